The highest BCUT2D eigenvalue weighted by molar-refractivity contribution is 5.85. The predicted molar refractivity (Wildman–Crippen MR) is 92.4 cm³/mol. The van der Waals surface area contributed by atoms with Crippen LogP contribution in [-0.2, 0) is 14.4 Å². The number of nitrogens with two attached hydrogens (primary N) is 1. The maximum Gasteiger partial charge on any atom is 0.320 e. The van der Waals surface area contributed by atoms with Gasteiger partial charge in [0.05, 0.1) is 5.92 Å². The van der Waals surface area contributed by atoms with E-state index in [4.69, 9.17) is 5.84 Å². The van der Waals surface area contributed by atoms with Crippen molar-refractivity contribution in [1.82, 2.24) is 15.6 Å². The summed E-state index contributed by atoms with van der Waals surface area (Å²) < 4.78 is 0. The van der Waals surface area contributed by atoms with Crippen LogP contribution in [0.15, 0.2) is 0 Å². The van der Waals surface area contributed by atoms with Crippen LogP contribution in [0.5, 0.6) is 0 Å². The van der Waals surface area contributed by atoms with Crippen LogP contribution in [0, 0.1) is 11.8 Å². The second-order valence-corrected chi connectivity index (χ2v) is 6.29. The zero-order valence-electron chi connectivity index (χ0n) is 14.4. The maximum absolute atomic E-state index is 11.7. The summed E-state index contributed by atoms with van der Waals surface area (Å²) in [6.07, 6.45) is 2.07. The van der Waals surface area contributed by atoms with Crippen molar-refractivity contribution in [3.8, 4) is 0 Å². The van der Waals surface area contributed by atoms with Gasteiger partial charge in [-0.3, -0.25) is 24.7 Å². The molecule has 0 spiro atoms. The minimum Gasteiger partial charge on any atom is -0.480 e. The van der Waals surface area contributed by atoms with E-state index in [1.807, 2.05) is 11.8 Å². The number of rotatable bonds is 8. The van der Waals surface area contributed by atoms with Crippen molar-refractivity contribution in [1.29, 1.82) is 0 Å². The van der Waals surface area contributed by atoms with E-state index < -0.39 is 17.9 Å². The van der Waals surface area contributed by atoms with Crippen molar-refractivity contribution < 1.29 is 19.5 Å². The molecule has 0 aromatic heterocycles. The van der Waals surface area contributed by atoms with Gasteiger partial charge in [-0.1, -0.05) is 13.3 Å². The van der Waals surface area contributed by atoms with Crippen molar-refractivity contribution in [3.05, 3.63) is 0 Å². The lowest BCUT2D eigenvalue weighted by Crippen LogP contribution is -2.45. The first-order chi connectivity index (χ1) is 10.8. The van der Waals surface area contributed by atoms with Crippen molar-refractivity contribution in [2.24, 2.45) is 17.7 Å². The molecule has 4 unspecified atom stereocenters. The molecule has 8 nitrogen and oxygen atoms in total. The Hall–Kier alpha value is -1.38. The summed E-state index contributed by atoms with van der Waals surface area (Å²) in [5.74, 6) is 3.51. The number of carbonyl (C=O) groups excluding carboxylic acids is 2. The molecule has 0 aliphatic carbocycles. The molecule has 1 heterocycles. The number of halogens is 1. The summed E-state index contributed by atoms with van der Waals surface area (Å²) in [7, 11) is 0. The minimum absolute atomic E-state index is 0. The molecule has 4 atom stereocenters. The van der Waals surface area contributed by atoms with Gasteiger partial charge in [0.1, 0.15) is 6.04 Å². The van der Waals surface area contributed by atoms with Crippen LogP contribution in [-0.4, -0.2) is 53.0 Å². The van der Waals surface area contributed by atoms with Crippen molar-refractivity contribution >= 4 is 30.2 Å². The Morgan fingerprint density at radius 3 is 2.46 bits per heavy atom. The highest BCUT2D eigenvalue weighted by Crippen LogP contribution is 2.26. The van der Waals surface area contributed by atoms with Crippen LogP contribution in [0.25, 0.3) is 0 Å². The molecule has 0 bridgehead atoms. The summed E-state index contributed by atoms with van der Waals surface area (Å²) in [6.45, 7) is 6.35. The Balaban J connectivity index is 0.00000529. The molecule has 1 saturated heterocycles. The van der Waals surface area contributed by atoms with Gasteiger partial charge in [-0.2, -0.15) is 0 Å². The first kappa shape index (κ1) is 22.6. The summed E-state index contributed by atoms with van der Waals surface area (Å²) in [5.41, 5.74) is 2.10. The molecule has 140 valence electrons. The Labute approximate surface area is 148 Å². The van der Waals surface area contributed by atoms with Crippen LogP contribution in [0.1, 0.15) is 40.0 Å². The number of likely N-dealkylation sites (tertiary alicyclic amines) is 1. The second-order valence-electron chi connectivity index (χ2n) is 6.29. The molecule has 0 radical (unpaired) electrons. The fraction of sp³-hybridized carbons (Fsp3) is 0.800. The predicted octanol–water partition coefficient (Wildman–Crippen LogP) is 0.114. The van der Waals surface area contributed by atoms with Gasteiger partial charge in [-0.15, -0.1) is 12.4 Å². The van der Waals surface area contributed by atoms with Gasteiger partial charge in [-0.05, 0) is 25.7 Å². The van der Waals surface area contributed by atoms with Crippen LogP contribution in [0.3, 0.4) is 0 Å². The fourth-order valence-electron chi connectivity index (χ4n) is 3.28. The molecule has 1 fully saturated rings. The number of amides is 2. The number of nitrogens with one attached hydrogen (secondary N) is 2. The van der Waals surface area contributed by atoms with E-state index in [-0.39, 0.29) is 42.6 Å². The molecule has 5 N–H and O–H groups in total. The molecule has 0 saturated carbocycles. The lowest BCUT2D eigenvalue weighted by Gasteiger charge is -2.30. The number of hydrazine groups is 1. The highest BCUT2D eigenvalue weighted by atomic mass is 35.5. The molecule has 1 aliphatic heterocycles. The topological polar surface area (TPSA) is 125 Å². The molecule has 24 heavy (non-hydrogen) atoms. The highest BCUT2D eigenvalue weighted by Gasteiger charge is 2.41. The minimum atomic E-state index is -0.931. The zero-order valence-corrected chi connectivity index (χ0v) is 15.3. The third-order valence-corrected chi connectivity index (χ3v) is 4.47. The van der Waals surface area contributed by atoms with E-state index in [1.165, 1.54) is 6.92 Å². The van der Waals surface area contributed by atoms with Gasteiger partial charge in [0.15, 0.2) is 0 Å². The molecular formula is C15H29ClN4O4. The van der Waals surface area contributed by atoms with E-state index in [2.05, 4.69) is 17.7 Å². The lowest BCUT2D eigenvalue weighted by molar-refractivity contribution is -0.142. The number of carboxylic acids is 1. The summed E-state index contributed by atoms with van der Waals surface area (Å²) >= 11 is 0. The van der Waals surface area contributed by atoms with E-state index in [0.29, 0.717) is 13.1 Å². The third-order valence-electron chi connectivity index (χ3n) is 4.47. The Morgan fingerprint density at radius 2 is 2.00 bits per heavy atom. The number of hydrogen-bond donors (Lipinski definition) is 4. The molecular weight excluding hydrogens is 336 g/mol. The normalized spacial score (nSPS) is 23.0. The van der Waals surface area contributed by atoms with Gasteiger partial charge in [0, 0.05) is 26.1 Å². The first-order valence-electron chi connectivity index (χ1n) is 8.04. The quantitative estimate of drug-likeness (QED) is 0.275. The van der Waals surface area contributed by atoms with E-state index in [9.17, 15) is 19.5 Å². The summed E-state index contributed by atoms with van der Waals surface area (Å²) in [6, 6.07) is -0.745. The average Bonchev–Trinajstić information content (AvgIpc) is 2.89. The maximum atomic E-state index is 11.7. The molecule has 9 heteroatoms. The monoisotopic (exact) mass is 364 g/mol. The SMILES string of the molecule is CCCC(CN1CC(C(=O)NN)CC1C(=O)O)C(C)NC(C)=O.Cl. The van der Waals surface area contributed by atoms with Gasteiger partial charge in [0.25, 0.3) is 0 Å². The second kappa shape index (κ2) is 10.5. The van der Waals surface area contributed by atoms with E-state index >= 15 is 0 Å². The lowest BCUT2D eigenvalue weighted by atomic mass is 9.95. The Bertz CT molecular complexity index is 449. The fourth-order valence-corrected chi connectivity index (χ4v) is 3.28. The van der Waals surface area contributed by atoms with E-state index in [1.54, 1.807) is 0 Å². The van der Waals surface area contributed by atoms with Gasteiger partial charge < -0.3 is 10.4 Å². The molecule has 0 aromatic rings. The zero-order chi connectivity index (χ0) is 17.6. The summed E-state index contributed by atoms with van der Waals surface area (Å²) in [4.78, 5) is 36.3. The smallest absolute Gasteiger partial charge is 0.320 e. The molecule has 1 rings (SSSR count). The van der Waals surface area contributed by atoms with Crippen LogP contribution < -0.4 is 16.6 Å². The summed E-state index contributed by atoms with van der Waals surface area (Å²) in [5, 5.41) is 12.3. The van der Waals surface area contributed by atoms with Gasteiger partial charge in [0.2, 0.25) is 11.8 Å². The van der Waals surface area contributed by atoms with Crippen LogP contribution >= 0.6 is 12.4 Å². The standard InChI is InChI=1S/C15H28N4O4.ClH/c1-4-5-11(9(2)17-10(3)20)7-19-8-12(14(21)18-16)6-13(19)15(22)23;/h9,11-13H,4-8,16H2,1-3H3,(H,17,20)(H,18,21)(H,22,23);1H. The number of carboxylic acid groups (broad SMARTS) is 1. The number of hydrogen-bond acceptors (Lipinski definition) is 5. The van der Waals surface area contributed by atoms with Crippen LogP contribution in [0.4, 0.5) is 0 Å². The molecule has 1 aliphatic rings. The Morgan fingerprint density at radius 1 is 1.38 bits per heavy atom. The third kappa shape index (κ3) is 6.26. The van der Waals surface area contributed by atoms with E-state index in [0.717, 1.165) is 12.8 Å². The first-order valence-corrected chi connectivity index (χ1v) is 8.04. The molecule has 2 amide bonds. The van der Waals surface area contributed by atoms with Crippen molar-refractivity contribution in [3.63, 3.8) is 0 Å². The largest absolute Gasteiger partial charge is 0.480 e. The van der Waals surface area contributed by atoms with Crippen molar-refractivity contribution in [2.75, 3.05) is 13.1 Å². The number of carbonyl (C=O) groups is 3. The van der Waals surface area contributed by atoms with Crippen molar-refractivity contribution in [2.45, 2.75) is 52.1 Å². The van der Waals surface area contributed by atoms with Gasteiger partial charge in [-0.25, -0.2) is 5.84 Å². The Kier molecular flexibility index (Phi) is 9.88. The molecule has 0 aromatic carbocycles. The average molecular weight is 365 g/mol. The van der Waals surface area contributed by atoms with Gasteiger partial charge >= 0.3 is 5.97 Å². The number of nitrogens with zero attached hydrogens (tertiary/aromatic N) is 1. The number of aliphatic carboxylic acids is 1. The van der Waals surface area contributed by atoms with Crippen LogP contribution in [0.2, 0.25) is 0 Å².